The molecule has 0 unspecified atom stereocenters. The van der Waals surface area contributed by atoms with Gasteiger partial charge in [0.15, 0.2) is 0 Å². The van der Waals surface area contributed by atoms with Crippen LogP contribution in [0, 0.1) is 0 Å². The van der Waals surface area contributed by atoms with Gasteiger partial charge in [0.1, 0.15) is 5.75 Å². The van der Waals surface area contributed by atoms with Gasteiger partial charge in [-0.1, -0.05) is 18.2 Å². The molecule has 1 aliphatic rings. The number of hydrogen-bond donors (Lipinski definition) is 1. The molecule has 1 aliphatic heterocycles. The van der Waals surface area contributed by atoms with E-state index in [1.54, 1.807) is 18.1 Å². The van der Waals surface area contributed by atoms with Crippen molar-refractivity contribution in [2.75, 3.05) is 30.4 Å². The van der Waals surface area contributed by atoms with Gasteiger partial charge in [0.25, 0.3) is 5.91 Å². The van der Waals surface area contributed by atoms with E-state index in [0.717, 1.165) is 30.0 Å². The predicted molar refractivity (Wildman–Crippen MR) is 119 cm³/mol. The van der Waals surface area contributed by atoms with Gasteiger partial charge in [0.2, 0.25) is 0 Å². The number of nitrogens with zero attached hydrogens (tertiary/aromatic N) is 2. The SMILES string of the molecule is COc1ccc(CN2CCCN(c3ccc(NC(=O)c4cccs4)cc3)C2=O)cc1. The molecule has 30 heavy (non-hydrogen) atoms. The smallest absolute Gasteiger partial charge is 0.324 e. The number of rotatable bonds is 6. The first kappa shape index (κ1) is 20.0. The highest BCUT2D eigenvalue weighted by Crippen LogP contribution is 2.24. The van der Waals surface area contributed by atoms with E-state index in [4.69, 9.17) is 4.74 Å². The second kappa shape index (κ2) is 9.00. The standard InChI is InChI=1S/C23H23N3O3S/c1-29-20-11-5-17(6-12-20)16-25-13-3-14-26(23(25)28)19-9-7-18(8-10-19)24-22(27)21-4-2-15-30-21/h2,4-12,15H,3,13-14,16H2,1H3,(H,24,27). The first-order valence-electron chi connectivity index (χ1n) is 9.78. The topological polar surface area (TPSA) is 61.9 Å². The second-order valence-electron chi connectivity index (χ2n) is 7.04. The summed E-state index contributed by atoms with van der Waals surface area (Å²) in [5.74, 6) is 0.675. The minimum absolute atomic E-state index is 0.00700. The summed E-state index contributed by atoms with van der Waals surface area (Å²) in [5.41, 5.74) is 2.60. The number of carbonyl (C=O) groups excluding carboxylic acids is 2. The van der Waals surface area contributed by atoms with Gasteiger partial charge in [-0.05, 0) is 59.8 Å². The molecule has 1 N–H and O–H groups in total. The monoisotopic (exact) mass is 421 g/mol. The molecule has 1 fully saturated rings. The van der Waals surface area contributed by atoms with Crippen LogP contribution in [0.5, 0.6) is 5.75 Å². The van der Waals surface area contributed by atoms with Crippen LogP contribution in [0.15, 0.2) is 66.0 Å². The summed E-state index contributed by atoms with van der Waals surface area (Å²) < 4.78 is 5.20. The minimum atomic E-state index is -0.127. The fourth-order valence-electron chi connectivity index (χ4n) is 3.44. The highest BCUT2D eigenvalue weighted by molar-refractivity contribution is 7.12. The van der Waals surface area contributed by atoms with Gasteiger partial charge in [-0.2, -0.15) is 0 Å². The molecular weight excluding hydrogens is 398 g/mol. The highest BCUT2D eigenvalue weighted by atomic mass is 32.1. The van der Waals surface area contributed by atoms with E-state index in [1.807, 2.05) is 64.9 Å². The van der Waals surface area contributed by atoms with Crippen molar-refractivity contribution in [1.82, 2.24) is 4.90 Å². The summed E-state index contributed by atoms with van der Waals surface area (Å²) in [6.07, 6.45) is 0.902. The number of amides is 3. The molecule has 2 heterocycles. The summed E-state index contributed by atoms with van der Waals surface area (Å²) in [6, 6.07) is 18.8. The molecule has 4 rings (SSSR count). The zero-order chi connectivity index (χ0) is 20.9. The molecule has 0 radical (unpaired) electrons. The Morgan fingerprint density at radius 2 is 1.83 bits per heavy atom. The number of thiophene rings is 1. The van der Waals surface area contributed by atoms with Crippen molar-refractivity contribution in [1.29, 1.82) is 0 Å². The van der Waals surface area contributed by atoms with E-state index in [2.05, 4.69) is 5.32 Å². The number of methoxy groups -OCH3 is 1. The van der Waals surface area contributed by atoms with Crippen molar-refractivity contribution >= 4 is 34.6 Å². The van der Waals surface area contributed by atoms with E-state index in [9.17, 15) is 9.59 Å². The number of carbonyl (C=O) groups is 2. The van der Waals surface area contributed by atoms with Crippen LogP contribution in [0.2, 0.25) is 0 Å². The molecule has 154 valence electrons. The van der Waals surface area contributed by atoms with E-state index in [-0.39, 0.29) is 11.9 Å². The third-order valence-corrected chi connectivity index (χ3v) is 5.89. The molecule has 1 aromatic heterocycles. The van der Waals surface area contributed by atoms with Gasteiger partial charge in [0, 0.05) is 31.0 Å². The molecule has 0 saturated carbocycles. The lowest BCUT2D eigenvalue weighted by Crippen LogP contribution is -2.49. The second-order valence-corrected chi connectivity index (χ2v) is 7.98. The summed E-state index contributed by atoms with van der Waals surface area (Å²) >= 11 is 1.40. The van der Waals surface area contributed by atoms with Crippen LogP contribution < -0.4 is 15.0 Å². The molecule has 7 heteroatoms. The van der Waals surface area contributed by atoms with Gasteiger partial charge in [-0.25, -0.2) is 4.79 Å². The lowest BCUT2D eigenvalue weighted by atomic mass is 10.1. The Bertz CT molecular complexity index is 1000. The first-order valence-corrected chi connectivity index (χ1v) is 10.7. The summed E-state index contributed by atoms with van der Waals surface area (Å²) in [6.45, 7) is 1.98. The molecule has 0 aliphatic carbocycles. The molecule has 1 saturated heterocycles. The molecule has 0 spiro atoms. The average Bonchev–Trinajstić information content (AvgIpc) is 3.32. The van der Waals surface area contributed by atoms with Crippen molar-refractivity contribution < 1.29 is 14.3 Å². The fraction of sp³-hybridized carbons (Fsp3) is 0.217. The van der Waals surface area contributed by atoms with Crippen molar-refractivity contribution in [2.45, 2.75) is 13.0 Å². The number of urea groups is 1. The van der Waals surface area contributed by atoms with E-state index >= 15 is 0 Å². The lowest BCUT2D eigenvalue weighted by Gasteiger charge is -2.35. The molecule has 6 nitrogen and oxygen atoms in total. The molecule has 3 amide bonds. The molecule has 0 atom stereocenters. The number of benzene rings is 2. The number of hydrogen-bond acceptors (Lipinski definition) is 4. The van der Waals surface area contributed by atoms with Crippen molar-refractivity contribution in [3.05, 3.63) is 76.5 Å². The highest BCUT2D eigenvalue weighted by Gasteiger charge is 2.26. The normalized spacial score (nSPS) is 14.0. The minimum Gasteiger partial charge on any atom is -0.497 e. The van der Waals surface area contributed by atoms with Gasteiger partial charge in [-0.3, -0.25) is 9.69 Å². The zero-order valence-electron chi connectivity index (χ0n) is 16.7. The van der Waals surface area contributed by atoms with E-state index < -0.39 is 0 Å². The Morgan fingerprint density at radius 1 is 1.07 bits per heavy atom. The molecule has 0 bridgehead atoms. The van der Waals surface area contributed by atoms with Crippen LogP contribution in [0.3, 0.4) is 0 Å². The summed E-state index contributed by atoms with van der Waals surface area (Å²) in [4.78, 5) is 29.5. The lowest BCUT2D eigenvalue weighted by molar-refractivity contribution is 0.103. The Labute approximate surface area is 179 Å². The average molecular weight is 422 g/mol. The molecular formula is C23H23N3O3S. The van der Waals surface area contributed by atoms with Crippen molar-refractivity contribution in [3.63, 3.8) is 0 Å². The van der Waals surface area contributed by atoms with E-state index in [0.29, 0.717) is 23.7 Å². The van der Waals surface area contributed by atoms with Crippen molar-refractivity contribution in [3.8, 4) is 5.75 Å². The maximum Gasteiger partial charge on any atom is 0.324 e. The Morgan fingerprint density at radius 3 is 2.50 bits per heavy atom. The van der Waals surface area contributed by atoms with Crippen LogP contribution in [-0.4, -0.2) is 37.0 Å². The predicted octanol–water partition coefficient (Wildman–Crippen LogP) is 4.84. The van der Waals surface area contributed by atoms with E-state index in [1.165, 1.54) is 11.3 Å². The number of ether oxygens (including phenoxy) is 1. The van der Waals surface area contributed by atoms with Crippen LogP contribution in [0.1, 0.15) is 21.7 Å². The zero-order valence-corrected chi connectivity index (χ0v) is 17.5. The van der Waals surface area contributed by atoms with Gasteiger partial charge in [-0.15, -0.1) is 11.3 Å². The maximum absolute atomic E-state index is 13.0. The van der Waals surface area contributed by atoms with Gasteiger partial charge in [0.05, 0.1) is 12.0 Å². The van der Waals surface area contributed by atoms with Crippen molar-refractivity contribution in [2.24, 2.45) is 0 Å². The van der Waals surface area contributed by atoms with Crippen LogP contribution in [0.4, 0.5) is 16.2 Å². The van der Waals surface area contributed by atoms with Crippen LogP contribution >= 0.6 is 11.3 Å². The first-order chi connectivity index (χ1) is 14.6. The third kappa shape index (κ3) is 4.46. The maximum atomic E-state index is 13.0. The Hall–Kier alpha value is -3.32. The number of nitrogens with one attached hydrogen (secondary N) is 1. The summed E-state index contributed by atoms with van der Waals surface area (Å²) in [7, 11) is 1.64. The van der Waals surface area contributed by atoms with Gasteiger partial charge >= 0.3 is 6.03 Å². The number of anilines is 2. The third-order valence-electron chi connectivity index (χ3n) is 5.03. The fourth-order valence-corrected chi connectivity index (χ4v) is 4.06. The van der Waals surface area contributed by atoms with Crippen LogP contribution in [0.25, 0.3) is 0 Å². The quantitative estimate of drug-likeness (QED) is 0.619. The Balaban J connectivity index is 1.41. The Kier molecular flexibility index (Phi) is 5.99. The summed E-state index contributed by atoms with van der Waals surface area (Å²) in [5, 5.41) is 4.76. The van der Waals surface area contributed by atoms with Crippen LogP contribution in [-0.2, 0) is 6.54 Å². The van der Waals surface area contributed by atoms with Gasteiger partial charge < -0.3 is 15.0 Å². The molecule has 2 aromatic carbocycles. The molecule has 3 aromatic rings. The largest absolute Gasteiger partial charge is 0.497 e.